The van der Waals surface area contributed by atoms with Crippen LogP contribution in [-0.2, 0) is 0 Å². The lowest BCUT2D eigenvalue weighted by atomic mass is 10.1. The molecule has 0 bridgehead atoms. The molecule has 24 heavy (non-hydrogen) atoms. The van der Waals surface area contributed by atoms with E-state index in [1.165, 1.54) is 0 Å². The Morgan fingerprint density at radius 3 is 2.12 bits per heavy atom. The van der Waals surface area contributed by atoms with E-state index in [0.717, 1.165) is 28.5 Å². The molecule has 0 saturated carbocycles. The first-order valence-electron chi connectivity index (χ1n) is 7.51. The quantitative estimate of drug-likeness (QED) is 0.777. The summed E-state index contributed by atoms with van der Waals surface area (Å²) in [6, 6.07) is 13.2. The number of rotatable bonds is 6. The van der Waals surface area contributed by atoms with Gasteiger partial charge in [-0.2, -0.15) is 0 Å². The second kappa shape index (κ2) is 8.40. The second-order valence-corrected chi connectivity index (χ2v) is 5.56. The standard InChI is InChI=1S/C18H22N2O3S/c1-12(16-11-15(22-3)9-10-17(16)23-4)19-18(24)20-13-5-7-14(21-2)8-6-13/h5-12H,1-4H3,(H2,19,20,24)/t12-/m1/s1. The molecule has 0 aliphatic heterocycles. The number of thiocarbonyl (C=S) groups is 1. The van der Waals surface area contributed by atoms with E-state index in [0.29, 0.717) is 5.11 Å². The molecule has 1 atom stereocenters. The van der Waals surface area contributed by atoms with Crippen molar-refractivity contribution < 1.29 is 14.2 Å². The van der Waals surface area contributed by atoms with E-state index in [4.69, 9.17) is 26.4 Å². The van der Waals surface area contributed by atoms with Gasteiger partial charge >= 0.3 is 0 Å². The molecule has 2 N–H and O–H groups in total. The van der Waals surface area contributed by atoms with E-state index in [1.54, 1.807) is 21.3 Å². The maximum atomic E-state index is 5.42. The third kappa shape index (κ3) is 4.52. The zero-order valence-electron chi connectivity index (χ0n) is 14.3. The van der Waals surface area contributed by atoms with E-state index in [-0.39, 0.29) is 6.04 Å². The van der Waals surface area contributed by atoms with Crippen LogP contribution in [0.2, 0.25) is 0 Å². The Hall–Kier alpha value is -2.47. The molecule has 128 valence electrons. The number of hydrogen-bond donors (Lipinski definition) is 2. The first-order chi connectivity index (χ1) is 11.6. The van der Waals surface area contributed by atoms with Crippen molar-refractivity contribution in [2.45, 2.75) is 13.0 Å². The summed E-state index contributed by atoms with van der Waals surface area (Å²) in [4.78, 5) is 0. The summed E-state index contributed by atoms with van der Waals surface area (Å²) in [5.74, 6) is 2.35. The molecule has 0 aliphatic rings. The van der Waals surface area contributed by atoms with Crippen molar-refractivity contribution in [1.29, 1.82) is 0 Å². The van der Waals surface area contributed by atoms with Crippen molar-refractivity contribution in [2.24, 2.45) is 0 Å². The topological polar surface area (TPSA) is 51.8 Å². The van der Waals surface area contributed by atoms with E-state index in [2.05, 4.69) is 10.6 Å². The molecule has 6 heteroatoms. The van der Waals surface area contributed by atoms with E-state index in [9.17, 15) is 0 Å². The largest absolute Gasteiger partial charge is 0.497 e. The fourth-order valence-electron chi connectivity index (χ4n) is 2.29. The van der Waals surface area contributed by atoms with Crippen LogP contribution < -0.4 is 24.8 Å². The lowest BCUT2D eigenvalue weighted by molar-refractivity contribution is 0.395. The molecule has 0 heterocycles. The Morgan fingerprint density at radius 1 is 0.917 bits per heavy atom. The SMILES string of the molecule is COc1ccc(NC(=S)N[C@H](C)c2cc(OC)ccc2OC)cc1. The van der Waals surface area contributed by atoms with Crippen molar-refractivity contribution in [1.82, 2.24) is 5.32 Å². The van der Waals surface area contributed by atoms with Gasteiger partial charge in [0.2, 0.25) is 0 Å². The fourth-order valence-corrected chi connectivity index (χ4v) is 2.59. The van der Waals surface area contributed by atoms with Gasteiger partial charge in [-0.1, -0.05) is 0 Å². The molecule has 0 fully saturated rings. The minimum atomic E-state index is -0.0479. The monoisotopic (exact) mass is 346 g/mol. The molecule has 2 rings (SSSR count). The zero-order valence-corrected chi connectivity index (χ0v) is 15.1. The second-order valence-electron chi connectivity index (χ2n) is 5.16. The Morgan fingerprint density at radius 2 is 1.54 bits per heavy atom. The number of methoxy groups -OCH3 is 3. The summed E-state index contributed by atoms with van der Waals surface area (Å²) in [6.07, 6.45) is 0. The highest BCUT2D eigenvalue weighted by atomic mass is 32.1. The molecule has 2 aromatic rings. The van der Waals surface area contributed by atoms with Crippen LogP contribution in [0.25, 0.3) is 0 Å². The normalized spacial score (nSPS) is 11.3. The average molecular weight is 346 g/mol. The number of nitrogens with one attached hydrogen (secondary N) is 2. The van der Waals surface area contributed by atoms with Gasteiger partial charge in [0.15, 0.2) is 5.11 Å². The third-order valence-corrected chi connectivity index (χ3v) is 3.82. The van der Waals surface area contributed by atoms with Gasteiger partial charge in [-0.05, 0) is 61.6 Å². The molecule has 0 aromatic heterocycles. The highest BCUT2D eigenvalue weighted by Crippen LogP contribution is 2.29. The fraction of sp³-hybridized carbons (Fsp3) is 0.278. The molecule has 0 spiro atoms. The Balaban J connectivity index is 2.05. The summed E-state index contributed by atoms with van der Waals surface area (Å²) in [6.45, 7) is 2.01. The molecule has 0 aliphatic carbocycles. The van der Waals surface area contributed by atoms with Crippen molar-refractivity contribution in [2.75, 3.05) is 26.6 Å². The molecular weight excluding hydrogens is 324 g/mol. The van der Waals surface area contributed by atoms with Crippen LogP contribution in [0.15, 0.2) is 42.5 Å². The van der Waals surface area contributed by atoms with Gasteiger partial charge in [0.1, 0.15) is 17.2 Å². The van der Waals surface area contributed by atoms with Crippen molar-refractivity contribution in [3.63, 3.8) is 0 Å². The molecular formula is C18H22N2O3S. The van der Waals surface area contributed by atoms with E-state index < -0.39 is 0 Å². The van der Waals surface area contributed by atoms with Gasteiger partial charge < -0.3 is 24.8 Å². The smallest absolute Gasteiger partial charge is 0.171 e. The van der Waals surface area contributed by atoms with Gasteiger partial charge in [0.25, 0.3) is 0 Å². The summed E-state index contributed by atoms with van der Waals surface area (Å²) in [5.41, 5.74) is 1.86. The van der Waals surface area contributed by atoms with Crippen molar-refractivity contribution in [3.05, 3.63) is 48.0 Å². The van der Waals surface area contributed by atoms with Crippen LogP contribution in [0.1, 0.15) is 18.5 Å². The maximum Gasteiger partial charge on any atom is 0.171 e. The number of hydrogen-bond acceptors (Lipinski definition) is 4. The summed E-state index contributed by atoms with van der Waals surface area (Å²) in [7, 11) is 4.92. The van der Waals surface area contributed by atoms with Gasteiger partial charge in [-0.3, -0.25) is 0 Å². The minimum absolute atomic E-state index is 0.0479. The van der Waals surface area contributed by atoms with Gasteiger partial charge in [0.05, 0.1) is 27.4 Å². The predicted molar refractivity (Wildman–Crippen MR) is 100 cm³/mol. The molecule has 2 aromatic carbocycles. The number of anilines is 1. The Labute approximate surface area is 147 Å². The van der Waals surface area contributed by atoms with Crippen LogP contribution in [-0.4, -0.2) is 26.4 Å². The molecule has 0 saturated heterocycles. The highest BCUT2D eigenvalue weighted by Gasteiger charge is 2.14. The van der Waals surface area contributed by atoms with Gasteiger partial charge in [-0.25, -0.2) is 0 Å². The van der Waals surface area contributed by atoms with Crippen LogP contribution >= 0.6 is 12.2 Å². The van der Waals surface area contributed by atoms with E-state index >= 15 is 0 Å². The Kier molecular flexibility index (Phi) is 6.26. The summed E-state index contributed by atoms with van der Waals surface area (Å²) in [5, 5.41) is 6.93. The molecule has 5 nitrogen and oxygen atoms in total. The first-order valence-corrected chi connectivity index (χ1v) is 7.91. The summed E-state index contributed by atoms with van der Waals surface area (Å²) < 4.78 is 15.8. The molecule has 0 amide bonds. The van der Waals surface area contributed by atoms with Crippen LogP contribution in [0.4, 0.5) is 5.69 Å². The number of ether oxygens (including phenoxy) is 3. The molecule has 0 unspecified atom stereocenters. The predicted octanol–water partition coefficient (Wildman–Crippen LogP) is 3.76. The highest BCUT2D eigenvalue weighted by molar-refractivity contribution is 7.80. The number of benzene rings is 2. The summed E-state index contributed by atoms with van der Waals surface area (Å²) >= 11 is 5.39. The first kappa shape index (κ1) is 17.9. The average Bonchev–Trinajstić information content (AvgIpc) is 2.61. The lowest BCUT2D eigenvalue weighted by Gasteiger charge is -2.20. The van der Waals surface area contributed by atoms with Gasteiger partial charge in [-0.15, -0.1) is 0 Å². The molecule has 0 radical (unpaired) electrons. The van der Waals surface area contributed by atoms with Crippen LogP contribution in [0, 0.1) is 0 Å². The van der Waals surface area contributed by atoms with Crippen molar-refractivity contribution >= 4 is 23.0 Å². The maximum absolute atomic E-state index is 5.42. The van der Waals surface area contributed by atoms with Crippen LogP contribution in [0.5, 0.6) is 17.2 Å². The third-order valence-electron chi connectivity index (χ3n) is 3.60. The zero-order chi connectivity index (χ0) is 17.5. The van der Waals surface area contributed by atoms with Crippen LogP contribution in [0.3, 0.4) is 0 Å². The van der Waals surface area contributed by atoms with Crippen molar-refractivity contribution in [3.8, 4) is 17.2 Å². The minimum Gasteiger partial charge on any atom is -0.497 e. The Bertz CT molecular complexity index is 689. The lowest BCUT2D eigenvalue weighted by Crippen LogP contribution is -2.31. The van der Waals surface area contributed by atoms with E-state index in [1.807, 2.05) is 49.4 Å². The van der Waals surface area contributed by atoms with Gasteiger partial charge in [0, 0.05) is 11.3 Å².